The Morgan fingerprint density at radius 1 is 1.03 bits per heavy atom. The van der Waals surface area contributed by atoms with Crippen molar-refractivity contribution in [3.8, 4) is 0 Å². The number of ether oxygens (including phenoxy) is 1. The number of rotatable bonds is 7. The van der Waals surface area contributed by atoms with E-state index in [1.165, 1.54) is 64.5 Å². The fourth-order valence-electron chi connectivity index (χ4n) is 5.43. The molecule has 2 saturated heterocycles. The van der Waals surface area contributed by atoms with Gasteiger partial charge in [0.05, 0.1) is 19.8 Å². The molecule has 0 radical (unpaired) electrons. The maximum atomic E-state index is 5.62. The quantitative estimate of drug-likeness (QED) is 0.308. The van der Waals surface area contributed by atoms with Crippen molar-refractivity contribution in [3.63, 3.8) is 0 Å². The predicted octanol–water partition coefficient (Wildman–Crippen LogP) is 2.68. The Morgan fingerprint density at radius 3 is 2.48 bits per heavy atom. The van der Waals surface area contributed by atoms with Crippen molar-refractivity contribution in [2.45, 2.75) is 69.9 Å². The van der Waals surface area contributed by atoms with Crippen LogP contribution in [0.1, 0.15) is 58.3 Å². The fourth-order valence-corrected chi connectivity index (χ4v) is 5.43. The molecule has 0 amide bonds. The van der Waals surface area contributed by atoms with Crippen molar-refractivity contribution < 1.29 is 4.74 Å². The minimum Gasteiger partial charge on any atom is -0.379 e. The molecule has 4 rings (SSSR count). The van der Waals surface area contributed by atoms with E-state index in [4.69, 9.17) is 9.73 Å². The molecule has 1 atom stereocenters. The molecule has 2 heterocycles. The fraction of sp³-hybridized carbons (Fsp3) is 0.955. The van der Waals surface area contributed by atoms with Crippen LogP contribution < -0.4 is 10.6 Å². The molecule has 0 bridgehead atoms. The van der Waals surface area contributed by atoms with Crippen molar-refractivity contribution in [2.24, 2.45) is 10.9 Å². The Hall–Kier alpha value is -0.120. The highest BCUT2D eigenvalue weighted by Crippen LogP contribution is 2.35. The number of nitrogens with zero attached hydrogens (tertiary/aromatic N) is 3. The van der Waals surface area contributed by atoms with Crippen LogP contribution >= 0.6 is 24.0 Å². The van der Waals surface area contributed by atoms with Crippen LogP contribution in [0.3, 0.4) is 0 Å². The number of aliphatic imine (C=N–C) groups is 1. The molecule has 2 aliphatic heterocycles. The highest BCUT2D eigenvalue weighted by molar-refractivity contribution is 14.0. The van der Waals surface area contributed by atoms with Gasteiger partial charge in [0, 0.05) is 44.3 Å². The molecule has 168 valence electrons. The minimum absolute atomic E-state index is 0. The lowest BCUT2D eigenvalue weighted by molar-refractivity contribution is -0.0333. The molecule has 0 aromatic rings. The lowest BCUT2D eigenvalue weighted by Crippen LogP contribution is -2.56. The lowest BCUT2D eigenvalue weighted by atomic mass is 9.80. The zero-order valence-corrected chi connectivity index (χ0v) is 20.7. The van der Waals surface area contributed by atoms with Crippen LogP contribution in [0.4, 0.5) is 0 Å². The molecular weight excluding hydrogens is 477 g/mol. The van der Waals surface area contributed by atoms with Gasteiger partial charge in [-0.1, -0.05) is 19.3 Å². The summed E-state index contributed by atoms with van der Waals surface area (Å²) < 4.78 is 5.62. The standard InChI is InChI=1S/C22H41N5O.HI/c1-2-23-21(24-16-19-8-11-26(17-19)20-6-7-20)25-18-22(9-4-3-5-10-22)27-12-14-28-15-13-27;/h19-20H,2-18H2,1H3,(H2,23,24,25);1H. The van der Waals surface area contributed by atoms with Gasteiger partial charge in [0.2, 0.25) is 0 Å². The number of halogens is 1. The number of hydrogen-bond donors (Lipinski definition) is 2. The lowest BCUT2D eigenvalue weighted by Gasteiger charge is -2.47. The van der Waals surface area contributed by atoms with Crippen LogP contribution in [-0.4, -0.2) is 86.4 Å². The molecular formula is C22H42IN5O. The molecule has 1 unspecified atom stereocenters. The highest BCUT2D eigenvalue weighted by Gasteiger charge is 2.38. The Kier molecular flexibility index (Phi) is 9.32. The summed E-state index contributed by atoms with van der Waals surface area (Å²) in [6.07, 6.45) is 10.8. The van der Waals surface area contributed by atoms with E-state index in [2.05, 4.69) is 27.4 Å². The Balaban J connectivity index is 0.00000240. The molecule has 2 saturated carbocycles. The summed E-state index contributed by atoms with van der Waals surface area (Å²) in [5.41, 5.74) is 0.251. The summed E-state index contributed by atoms with van der Waals surface area (Å²) in [5, 5.41) is 7.17. The summed E-state index contributed by atoms with van der Waals surface area (Å²) in [7, 11) is 0. The van der Waals surface area contributed by atoms with Crippen LogP contribution in [0.5, 0.6) is 0 Å². The average Bonchev–Trinajstić information content (AvgIpc) is 3.49. The second-order valence-corrected chi connectivity index (χ2v) is 9.34. The topological polar surface area (TPSA) is 52.1 Å². The van der Waals surface area contributed by atoms with Crippen LogP contribution in [0.25, 0.3) is 0 Å². The molecule has 4 aliphatic rings. The van der Waals surface area contributed by atoms with Crippen molar-refractivity contribution in [3.05, 3.63) is 0 Å². The third kappa shape index (κ3) is 6.43. The molecule has 4 fully saturated rings. The van der Waals surface area contributed by atoms with Crippen LogP contribution in [0.15, 0.2) is 4.99 Å². The first-order chi connectivity index (χ1) is 13.8. The van der Waals surface area contributed by atoms with Crippen molar-refractivity contribution in [2.75, 3.05) is 59.0 Å². The van der Waals surface area contributed by atoms with Gasteiger partial charge < -0.3 is 20.3 Å². The SMILES string of the molecule is CCNC(=NCC1(N2CCOCC2)CCCCC1)NCC1CCN(C2CC2)C1.I. The monoisotopic (exact) mass is 519 g/mol. The summed E-state index contributed by atoms with van der Waals surface area (Å²) in [5.74, 6) is 1.79. The van der Waals surface area contributed by atoms with Gasteiger partial charge in [-0.05, 0) is 51.5 Å². The van der Waals surface area contributed by atoms with Gasteiger partial charge in [-0.3, -0.25) is 9.89 Å². The molecule has 2 aliphatic carbocycles. The van der Waals surface area contributed by atoms with E-state index in [1.807, 2.05) is 0 Å². The minimum atomic E-state index is 0. The zero-order chi connectivity index (χ0) is 19.2. The maximum absolute atomic E-state index is 5.62. The smallest absolute Gasteiger partial charge is 0.191 e. The van der Waals surface area contributed by atoms with Gasteiger partial charge in [0.15, 0.2) is 5.96 Å². The number of morpholine rings is 1. The number of hydrogen-bond acceptors (Lipinski definition) is 4. The van der Waals surface area contributed by atoms with Crippen molar-refractivity contribution >= 4 is 29.9 Å². The van der Waals surface area contributed by atoms with Gasteiger partial charge in [-0.15, -0.1) is 24.0 Å². The van der Waals surface area contributed by atoms with Gasteiger partial charge in [-0.25, -0.2) is 0 Å². The van der Waals surface area contributed by atoms with E-state index in [0.29, 0.717) is 0 Å². The molecule has 2 N–H and O–H groups in total. The molecule has 0 aromatic heterocycles. The Morgan fingerprint density at radius 2 is 1.79 bits per heavy atom. The summed E-state index contributed by atoms with van der Waals surface area (Å²) in [6, 6.07) is 0.909. The second kappa shape index (κ2) is 11.5. The van der Waals surface area contributed by atoms with E-state index in [0.717, 1.165) is 63.9 Å². The van der Waals surface area contributed by atoms with Crippen LogP contribution in [0, 0.1) is 5.92 Å². The van der Waals surface area contributed by atoms with Crippen LogP contribution in [0.2, 0.25) is 0 Å². The van der Waals surface area contributed by atoms with Gasteiger partial charge in [0.25, 0.3) is 0 Å². The summed E-state index contributed by atoms with van der Waals surface area (Å²) in [6.45, 7) is 11.5. The van der Waals surface area contributed by atoms with E-state index in [9.17, 15) is 0 Å². The number of nitrogens with one attached hydrogen (secondary N) is 2. The first-order valence-corrected chi connectivity index (χ1v) is 11.9. The van der Waals surface area contributed by atoms with Gasteiger partial charge >= 0.3 is 0 Å². The van der Waals surface area contributed by atoms with Crippen LogP contribution in [-0.2, 0) is 4.74 Å². The van der Waals surface area contributed by atoms with E-state index in [1.54, 1.807) is 0 Å². The van der Waals surface area contributed by atoms with E-state index in [-0.39, 0.29) is 29.5 Å². The molecule has 0 spiro atoms. The Labute approximate surface area is 194 Å². The summed E-state index contributed by atoms with van der Waals surface area (Å²) in [4.78, 5) is 10.5. The second-order valence-electron chi connectivity index (χ2n) is 9.34. The first kappa shape index (κ1) is 23.5. The molecule has 29 heavy (non-hydrogen) atoms. The number of likely N-dealkylation sites (tertiary alicyclic amines) is 1. The predicted molar refractivity (Wildman–Crippen MR) is 130 cm³/mol. The third-order valence-electron chi connectivity index (χ3n) is 7.28. The Bertz CT molecular complexity index is 515. The highest BCUT2D eigenvalue weighted by atomic mass is 127. The van der Waals surface area contributed by atoms with E-state index < -0.39 is 0 Å². The van der Waals surface area contributed by atoms with Crippen molar-refractivity contribution in [1.29, 1.82) is 0 Å². The number of guanidine groups is 1. The summed E-state index contributed by atoms with van der Waals surface area (Å²) >= 11 is 0. The van der Waals surface area contributed by atoms with Gasteiger partial charge in [0.1, 0.15) is 0 Å². The van der Waals surface area contributed by atoms with Gasteiger partial charge in [-0.2, -0.15) is 0 Å². The third-order valence-corrected chi connectivity index (χ3v) is 7.28. The first-order valence-electron chi connectivity index (χ1n) is 11.9. The maximum Gasteiger partial charge on any atom is 0.191 e. The normalized spacial score (nSPS) is 28.7. The largest absolute Gasteiger partial charge is 0.379 e. The van der Waals surface area contributed by atoms with E-state index >= 15 is 0 Å². The molecule has 6 nitrogen and oxygen atoms in total. The van der Waals surface area contributed by atoms with Crippen molar-refractivity contribution in [1.82, 2.24) is 20.4 Å². The molecule has 7 heteroatoms. The molecule has 0 aromatic carbocycles. The average molecular weight is 520 g/mol. The zero-order valence-electron chi connectivity index (χ0n) is 18.3.